The van der Waals surface area contributed by atoms with Crippen molar-refractivity contribution in [3.05, 3.63) is 68.7 Å². The third-order valence-corrected chi connectivity index (χ3v) is 4.46. The highest BCUT2D eigenvalue weighted by molar-refractivity contribution is 6.35. The Morgan fingerprint density at radius 2 is 1.62 bits per heavy atom. The van der Waals surface area contributed by atoms with Crippen molar-refractivity contribution in [2.24, 2.45) is 0 Å². The van der Waals surface area contributed by atoms with Crippen LogP contribution in [0.25, 0.3) is 0 Å². The number of halogens is 2. The summed E-state index contributed by atoms with van der Waals surface area (Å²) < 4.78 is 5.29. The van der Waals surface area contributed by atoms with Gasteiger partial charge in [0.1, 0.15) is 0 Å². The Morgan fingerprint density at radius 1 is 1.00 bits per heavy atom. The van der Waals surface area contributed by atoms with E-state index < -0.39 is 18.0 Å². The largest absolute Gasteiger partial charge is 0.449 e. The molecule has 26 heavy (non-hydrogen) atoms. The molecule has 2 atom stereocenters. The van der Waals surface area contributed by atoms with Crippen molar-refractivity contribution >= 4 is 35.1 Å². The molecule has 4 nitrogen and oxygen atoms in total. The van der Waals surface area contributed by atoms with Gasteiger partial charge < -0.3 is 10.1 Å². The van der Waals surface area contributed by atoms with E-state index in [-0.39, 0.29) is 6.04 Å². The van der Waals surface area contributed by atoms with E-state index in [0.717, 1.165) is 16.7 Å². The van der Waals surface area contributed by atoms with Crippen molar-refractivity contribution in [2.45, 2.75) is 39.8 Å². The number of carbonyl (C=O) groups excluding carboxylic acids is 2. The Balaban J connectivity index is 2.01. The summed E-state index contributed by atoms with van der Waals surface area (Å²) in [6.45, 7) is 7.13. The Bertz CT molecular complexity index is 816. The highest BCUT2D eigenvalue weighted by Crippen LogP contribution is 2.26. The zero-order valence-corrected chi connectivity index (χ0v) is 16.6. The number of hydrogen-bond donors (Lipinski definition) is 1. The molecule has 2 aromatic carbocycles. The van der Waals surface area contributed by atoms with E-state index in [1.54, 1.807) is 37.3 Å². The van der Waals surface area contributed by atoms with E-state index in [1.807, 2.05) is 19.9 Å². The number of esters is 1. The minimum Gasteiger partial charge on any atom is -0.449 e. The standard InChI is InChI=1S/C20H21Cl2NO3/c1-11-7-12(2)9-15(8-11)20(25)26-14(4)19(24)23-13(3)17-6-5-16(21)10-18(17)22/h5-10,13-14H,1-4H3,(H,23,24)/t13-,14+/m0/s1. The average Bonchev–Trinajstić information content (AvgIpc) is 2.53. The lowest BCUT2D eigenvalue weighted by molar-refractivity contribution is -0.129. The van der Waals surface area contributed by atoms with E-state index in [4.69, 9.17) is 27.9 Å². The molecular formula is C20H21Cl2NO3. The minimum atomic E-state index is -0.933. The number of nitrogens with one attached hydrogen (secondary N) is 1. The zero-order valence-electron chi connectivity index (χ0n) is 15.1. The molecule has 0 saturated carbocycles. The fraction of sp³-hybridized carbons (Fsp3) is 0.300. The highest BCUT2D eigenvalue weighted by atomic mass is 35.5. The predicted octanol–water partition coefficient (Wildman–Crippen LogP) is 5.03. The first-order chi connectivity index (χ1) is 12.2. The van der Waals surface area contributed by atoms with E-state index in [9.17, 15) is 9.59 Å². The van der Waals surface area contributed by atoms with Crippen LogP contribution in [0.2, 0.25) is 10.0 Å². The van der Waals surface area contributed by atoms with Crippen LogP contribution < -0.4 is 5.32 Å². The molecule has 0 heterocycles. The number of ether oxygens (including phenoxy) is 1. The molecule has 0 radical (unpaired) electrons. The maximum atomic E-state index is 12.3. The summed E-state index contributed by atoms with van der Waals surface area (Å²) >= 11 is 12.0. The topological polar surface area (TPSA) is 55.4 Å². The van der Waals surface area contributed by atoms with Crippen molar-refractivity contribution < 1.29 is 14.3 Å². The monoisotopic (exact) mass is 393 g/mol. The van der Waals surface area contributed by atoms with Crippen LogP contribution in [0.4, 0.5) is 0 Å². The summed E-state index contributed by atoms with van der Waals surface area (Å²) in [6, 6.07) is 10.1. The van der Waals surface area contributed by atoms with Crippen LogP contribution >= 0.6 is 23.2 Å². The lowest BCUT2D eigenvalue weighted by Gasteiger charge is -2.19. The second kappa shape index (κ2) is 8.56. The fourth-order valence-electron chi connectivity index (χ4n) is 2.64. The van der Waals surface area contributed by atoms with E-state index in [2.05, 4.69) is 5.32 Å². The first kappa shape index (κ1) is 20.3. The van der Waals surface area contributed by atoms with Crippen molar-refractivity contribution in [1.82, 2.24) is 5.32 Å². The number of amides is 1. The number of aryl methyl sites for hydroxylation is 2. The van der Waals surface area contributed by atoms with Crippen molar-refractivity contribution in [3.63, 3.8) is 0 Å². The van der Waals surface area contributed by atoms with Crippen LogP contribution in [0.1, 0.15) is 46.9 Å². The molecule has 0 aliphatic heterocycles. The van der Waals surface area contributed by atoms with Crippen LogP contribution in [0.5, 0.6) is 0 Å². The number of rotatable bonds is 5. The number of benzene rings is 2. The summed E-state index contributed by atoms with van der Waals surface area (Å²) in [7, 11) is 0. The SMILES string of the molecule is Cc1cc(C)cc(C(=O)O[C@H](C)C(=O)N[C@@H](C)c2ccc(Cl)cc2Cl)c1. The summed E-state index contributed by atoms with van der Waals surface area (Å²) in [5.41, 5.74) is 3.08. The van der Waals surface area contributed by atoms with Gasteiger partial charge >= 0.3 is 5.97 Å². The Hall–Kier alpha value is -2.04. The van der Waals surface area contributed by atoms with Gasteiger partial charge in [-0.25, -0.2) is 4.79 Å². The van der Waals surface area contributed by atoms with Crippen LogP contribution in [0, 0.1) is 13.8 Å². The van der Waals surface area contributed by atoms with Crippen LogP contribution in [-0.2, 0) is 9.53 Å². The highest BCUT2D eigenvalue weighted by Gasteiger charge is 2.22. The van der Waals surface area contributed by atoms with Crippen molar-refractivity contribution in [3.8, 4) is 0 Å². The van der Waals surface area contributed by atoms with Gasteiger partial charge in [0.05, 0.1) is 11.6 Å². The molecule has 1 N–H and O–H groups in total. The summed E-state index contributed by atoms with van der Waals surface area (Å²) in [6.07, 6.45) is -0.933. The molecule has 0 saturated heterocycles. The molecular weight excluding hydrogens is 373 g/mol. The molecule has 138 valence electrons. The van der Waals surface area contributed by atoms with E-state index in [0.29, 0.717) is 15.6 Å². The van der Waals surface area contributed by atoms with Gasteiger partial charge in [0.25, 0.3) is 5.91 Å². The van der Waals surface area contributed by atoms with E-state index >= 15 is 0 Å². The molecule has 0 aliphatic carbocycles. The molecule has 0 unspecified atom stereocenters. The second-order valence-electron chi connectivity index (χ2n) is 6.32. The summed E-state index contributed by atoms with van der Waals surface area (Å²) in [5, 5.41) is 3.78. The molecule has 2 rings (SSSR count). The third kappa shape index (κ3) is 5.23. The van der Waals surface area contributed by atoms with Gasteiger partial charge in [-0.15, -0.1) is 0 Å². The molecule has 0 spiro atoms. The average molecular weight is 394 g/mol. The Labute approximate surface area is 163 Å². The van der Waals surface area contributed by atoms with Crippen LogP contribution in [0.15, 0.2) is 36.4 Å². The fourth-order valence-corrected chi connectivity index (χ4v) is 3.21. The van der Waals surface area contributed by atoms with E-state index in [1.165, 1.54) is 6.92 Å². The van der Waals surface area contributed by atoms with Gasteiger partial charge in [-0.05, 0) is 57.5 Å². The quantitative estimate of drug-likeness (QED) is 0.724. The van der Waals surface area contributed by atoms with Gasteiger partial charge in [-0.3, -0.25) is 4.79 Å². The zero-order chi connectivity index (χ0) is 19.4. The molecule has 1 amide bonds. The molecule has 0 aromatic heterocycles. The number of hydrogen-bond acceptors (Lipinski definition) is 3. The van der Waals surface area contributed by atoms with Crippen LogP contribution in [0.3, 0.4) is 0 Å². The first-order valence-corrected chi connectivity index (χ1v) is 8.97. The normalized spacial score (nSPS) is 13.0. The van der Waals surface area contributed by atoms with Gasteiger partial charge in [0, 0.05) is 10.0 Å². The smallest absolute Gasteiger partial charge is 0.338 e. The molecule has 6 heteroatoms. The summed E-state index contributed by atoms with van der Waals surface area (Å²) in [5.74, 6) is -0.933. The third-order valence-electron chi connectivity index (χ3n) is 3.90. The predicted molar refractivity (Wildman–Crippen MR) is 104 cm³/mol. The minimum absolute atomic E-state index is 0.352. The Kier molecular flexibility index (Phi) is 6.68. The van der Waals surface area contributed by atoms with Gasteiger partial charge in [-0.1, -0.05) is 46.5 Å². The molecule has 0 fully saturated rings. The number of carbonyl (C=O) groups is 2. The Morgan fingerprint density at radius 3 is 2.19 bits per heavy atom. The molecule has 0 aliphatic rings. The second-order valence-corrected chi connectivity index (χ2v) is 7.16. The van der Waals surface area contributed by atoms with Gasteiger partial charge in [0.2, 0.25) is 0 Å². The molecule has 0 bridgehead atoms. The first-order valence-electron chi connectivity index (χ1n) is 8.22. The lowest BCUT2D eigenvalue weighted by atomic mass is 10.1. The maximum absolute atomic E-state index is 12.3. The van der Waals surface area contributed by atoms with Gasteiger partial charge in [-0.2, -0.15) is 0 Å². The lowest BCUT2D eigenvalue weighted by Crippen LogP contribution is -2.37. The maximum Gasteiger partial charge on any atom is 0.338 e. The molecule has 2 aromatic rings. The van der Waals surface area contributed by atoms with Crippen molar-refractivity contribution in [1.29, 1.82) is 0 Å². The van der Waals surface area contributed by atoms with Gasteiger partial charge in [0.15, 0.2) is 6.10 Å². The van der Waals surface area contributed by atoms with Crippen molar-refractivity contribution in [2.75, 3.05) is 0 Å². The van der Waals surface area contributed by atoms with Crippen LogP contribution in [-0.4, -0.2) is 18.0 Å². The summed E-state index contributed by atoms with van der Waals surface area (Å²) in [4.78, 5) is 24.6.